The minimum Gasteiger partial charge on any atom is -0.494 e. The van der Waals surface area contributed by atoms with Crippen LogP contribution in [0, 0.1) is 18.6 Å². The van der Waals surface area contributed by atoms with Crippen LogP contribution in [-0.2, 0) is 19.5 Å². The van der Waals surface area contributed by atoms with E-state index in [1.54, 1.807) is 42.8 Å². The maximum absolute atomic E-state index is 14.6. The first-order chi connectivity index (χ1) is 25.8. The van der Waals surface area contributed by atoms with Crippen molar-refractivity contribution in [3.05, 3.63) is 89.1 Å². The summed E-state index contributed by atoms with van der Waals surface area (Å²) in [6, 6.07) is 16.2. The maximum Gasteiger partial charge on any atom is 0.227 e. The molecule has 1 atom stereocenters. The molecule has 0 radical (unpaired) electrons. The number of aromatic nitrogens is 3. The molecular weight excluding hydrogens is 753 g/mol. The number of nitrogens with one attached hydrogen (secondary N) is 2. The number of halogens is 2. The molecule has 16 heteroatoms. The zero-order chi connectivity index (χ0) is 38.2. The van der Waals surface area contributed by atoms with Crippen LogP contribution in [0.25, 0.3) is 21.8 Å². The second kappa shape index (κ2) is 15.2. The molecule has 2 fully saturated rings. The molecule has 2 aliphatic rings. The predicted molar refractivity (Wildman–Crippen MR) is 213 cm³/mol. The Balaban J connectivity index is 1.13. The van der Waals surface area contributed by atoms with Crippen LogP contribution >= 0.6 is 11.3 Å². The van der Waals surface area contributed by atoms with Gasteiger partial charge in [-0.1, -0.05) is 18.2 Å². The third-order valence-electron chi connectivity index (χ3n) is 9.38. The Labute approximate surface area is 318 Å². The molecule has 11 nitrogen and oxygen atoms in total. The normalized spacial score (nSPS) is 16.2. The number of benzene rings is 3. The number of methoxy groups -OCH3 is 1. The van der Waals surface area contributed by atoms with Gasteiger partial charge in [-0.05, 0) is 67.6 Å². The standard InChI is InChI=1S/C38H41F2N7O4S3/c1-24-21-31(33(51-2)23-32(24)47-17-15-46(16-18-47)19-20-53(3,48)49)43-38-41-14-13-30(42-38)35-34(44-37(52-35)25-11-12-25)26-7-5-8-27(22-26)45-54(4,50)36-28(39)9-6-10-29(36)40/h5-10,13-14,21-23,25H,4,11-12,15-20H2,1-3H3,(H,45,50)(H,41,42,43). The van der Waals surface area contributed by atoms with Gasteiger partial charge in [0.15, 0.2) is 0 Å². The van der Waals surface area contributed by atoms with Crippen molar-refractivity contribution in [1.82, 2.24) is 19.9 Å². The molecule has 0 spiro atoms. The third-order valence-corrected chi connectivity index (χ3v) is 13.2. The van der Waals surface area contributed by atoms with Crippen molar-refractivity contribution >= 4 is 59.8 Å². The summed E-state index contributed by atoms with van der Waals surface area (Å²) in [7, 11) is -4.97. The van der Waals surface area contributed by atoms with Crippen LogP contribution in [0.2, 0.25) is 0 Å². The fraction of sp³-hybridized carbons (Fsp3) is 0.316. The van der Waals surface area contributed by atoms with E-state index in [9.17, 15) is 21.4 Å². The summed E-state index contributed by atoms with van der Waals surface area (Å²) >= 11 is 1.56. The van der Waals surface area contributed by atoms with Gasteiger partial charge < -0.3 is 19.7 Å². The van der Waals surface area contributed by atoms with Gasteiger partial charge in [-0.3, -0.25) is 4.90 Å². The van der Waals surface area contributed by atoms with E-state index in [1.807, 2.05) is 31.2 Å². The van der Waals surface area contributed by atoms with E-state index in [2.05, 4.69) is 30.7 Å². The number of rotatable bonds is 13. The first-order valence-corrected chi connectivity index (χ1v) is 22.0. The largest absolute Gasteiger partial charge is 0.494 e. The van der Waals surface area contributed by atoms with E-state index in [-0.39, 0.29) is 5.75 Å². The SMILES string of the molecule is C=S(=O)(Nc1cccc(-c2nc(C3CC3)sc2-c2ccnc(Nc3cc(C)c(N4CCN(CCS(C)(=O)=O)CC4)cc3OC)n2)c1)c1c(F)cccc1F. The predicted octanol–water partition coefficient (Wildman–Crippen LogP) is 6.75. The molecule has 1 unspecified atom stereocenters. The highest BCUT2D eigenvalue weighted by Crippen LogP contribution is 2.47. The number of ether oxygens (including phenoxy) is 1. The zero-order valence-corrected chi connectivity index (χ0v) is 32.6. The Morgan fingerprint density at radius 2 is 1.70 bits per heavy atom. The van der Waals surface area contributed by atoms with E-state index in [4.69, 9.17) is 14.7 Å². The number of hydrogen-bond donors (Lipinski definition) is 2. The van der Waals surface area contributed by atoms with Crippen LogP contribution < -0.4 is 19.7 Å². The van der Waals surface area contributed by atoms with Crippen molar-refractivity contribution in [3.8, 4) is 27.6 Å². The van der Waals surface area contributed by atoms with Crippen molar-refractivity contribution in [1.29, 1.82) is 0 Å². The molecule has 1 saturated carbocycles. The lowest BCUT2D eigenvalue weighted by molar-refractivity contribution is 0.272. The molecule has 1 saturated heterocycles. The van der Waals surface area contributed by atoms with Crippen LogP contribution in [0.1, 0.15) is 29.3 Å². The number of aryl methyl sites for hydroxylation is 1. The highest BCUT2D eigenvalue weighted by Gasteiger charge is 2.30. The molecule has 3 heterocycles. The number of piperazine rings is 1. The van der Waals surface area contributed by atoms with Crippen molar-refractivity contribution in [2.24, 2.45) is 0 Å². The highest BCUT2D eigenvalue weighted by molar-refractivity contribution is 8.01. The van der Waals surface area contributed by atoms with Gasteiger partial charge >= 0.3 is 0 Å². The van der Waals surface area contributed by atoms with Gasteiger partial charge in [0.1, 0.15) is 32.1 Å². The Hall–Kier alpha value is -4.64. The summed E-state index contributed by atoms with van der Waals surface area (Å²) in [5.41, 5.74) is 5.19. The summed E-state index contributed by atoms with van der Waals surface area (Å²) in [5.74, 6) is 3.27. The number of thiazole rings is 1. The molecule has 3 aromatic carbocycles. The molecule has 54 heavy (non-hydrogen) atoms. The first kappa shape index (κ1) is 37.7. The summed E-state index contributed by atoms with van der Waals surface area (Å²) < 4.78 is 74.4. The number of nitrogens with zero attached hydrogens (tertiary/aromatic N) is 5. The maximum atomic E-state index is 14.6. The first-order valence-electron chi connectivity index (χ1n) is 17.4. The zero-order valence-electron chi connectivity index (χ0n) is 30.1. The lowest BCUT2D eigenvalue weighted by atomic mass is 10.1. The molecule has 2 N–H and O–H groups in total. The fourth-order valence-electron chi connectivity index (χ4n) is 6.44. The fourth-order valence-corrected chi connectivity index (χ4v) is 9.63. The molecular formula is C38H41F2N7O4S3. The molecule has 1 aliphatic carbocycles. The van der Waals surface area contributed by atoms with Gasteiger partial charge in [0.25, 0.3) is 0 Å². The summed E-state index contributed by atoms with van der Waals surface area (Å²) in [4.78, 5) is 19.1. The van der Waals surface area contributed by atoms with E-state index < -0.39 is 36.1 Å². The van der Waals surface area contributed by atoms with Crippen LogP contribution in [0.3, 0.4) is 0 Å². The molecule has 5 aromatic rings. The lowest BCUT2D eigenvalue weighted by Crippen LogP contribution is -2.47. The van der Waals surface area contributed by atoms with Gasteiger partial charge in [0.2, 0.25) is 5.95 Å². The highest BCUT2D eigenvalue weighted by atomic mass is 32.2. The van der Waals surface area contributed by atoms with Crippen molar-refractivity contribution in [2.45, 2.75) is 30.6 Å². The third kappa shape index (κ3) is 8.51. The molecule has 1 aliphatic heterocycles. The molecule has 284 valence electrons. The van der Waals surface area contributed by atoms with Gasteiger partial charge in [0, 0.05) is 74.1 Å². The number of sulfone groups is 1. The van der Waals surface area contributed by atoms with Crippen LogP contribution in [0.4, 0.5) is 31.8 Å². The average Bonchev–Trinajstić information content (AvgIpc) is 3.88. The summed E-state index contributed by atoms with van der Waals surface area (Å²) in [6.07, 6.45) is 5.05. The van der Waals surface area contributed by atoms with Crippen LogP contribution in [0.5, 0.6) is 5.75 Å². The Morgan fingerprint density at radius 1 is 0.981 bits per heavy atom. The van der Waals surface area contributed by atoms with Crippen LogP contribution in [0.15, 0.2) is 71.8 Å². The van der Waals surface area contributed by atoms with Crippen LogP contribution in [-0.4, -0.2) is 90.2 Å². The van der Waals surface area contributed by atoms with Crippen molar-refractivity contribution in [3.63, 3.8) is 0 Å². The Kier molecular flexibility index (Phi) is 10.6. The van der Waals surface area contributed by atoms with Gasteiger partial charge in [-0.2, -0.15) is 0 Å². The summed E-state index contributed by atoms with van der Waals surface area (Å²) in [5, 5.41) is 4.34. The Bertz CT molecular complexity index is 2390. The molecule has 7 rings (SSSR count). The van der Waals surface area contributed by atoms with E-state index in [0.29, 0.717) is 52.5 Å². The molecule has 0 amide bonds. The second-order valence-electron chi connectivity index (χ2n) is 13.6. The van der Waals surface area contributed by atoms with Gasteiger partial charge in [-0.25, -0.2) is 36.4 Å². The smallest absolute Gasteiger partial charge is 0.227 e. The van der Waals surface area contributed by atoms with Gasteiger partial charge in [-0.15, -0.1) is 11.3 Å². The monoisotopic (exact) mass is 793 g/mol. The minimum absolute atomic E-state index is 0.155. The number of hydrogen-bond acceptors (Lipinski definition) is 11. The number of anilines is 4. The van der Waals surface area contributed by atoms with Crippen molar-refractivity contribution < 1.29 is 26.1 Å². The quantitative estimate of drug-likeness (QED) is 0.124. The van der Waals surface area contributed by atoms with E-state index in [1.165, 1.54) is 12.3 Å². The van der Waals surface area contributed by atoms with E-state index in [0.717, 1.165) is 72.3 Å². The van der Waals surface area contributed by atoms with Crippen molar-refractivity contribution in [2.75, 3.05) is 66.8 Å². The second-order valence-corrected chi connectivity index (χ2v) is 18.9. The summed E-state index contributed by atoms with van der Waals surface area (Å²) in [6.45, 7) is 5.64. The topological polar surface area (TPSA) is 130 Å². The lowest BCUT2D eigenvalue weighted by Gasteiger charge is -2.37. The average molecular weight is 794 g/mol. The Morgan fingerprint density at radius 3 is 2.39 bits per heavy atom. The molecule has 0 bridgehead atoms. The van der Waals surface area contributed by atoms with Gasteiger partial charge in [0.05, 0.1) is 49.5 Å². The van der Waals surface area contributed by atoms with E-state index >= 15 is 0 Å². The minimum atomic E-state index is -3.58. The molecule has 2 aromatic heterocycles.